The highest BCUT2D eigenvalue weighted by Crippen LogP contribution is 2.47. The van der Waals surface area contributed by atoms with E-state index >= 15 is 0 Å². The number of carboxylic acid groups (broad SMARTS) is 1. The second-order valence-electron chi connectivity index (χ2n) is 7.06. The predicted octanol–water partition coefficient (Wildman–Crippen LogP) is 3.33. The van der Waals surface area contributed by atoms with E-state index in [1.165, 1.54) is 51.4 Å². The van der Waals surface area contributed by atoms with Crippen LogP contribution in [0.15, 0.2) is 0 Å². The molecule has 3 nitrogen and oxygen atoms in total. The van der Waals surface area contributed by atoms with Crippen molar-refractivity contribution >= 4 is 5.97 Å². The van der Waals surface area contributed by atoms with Crippen molar-refractivity contribution in [2.45, 2.75) is 82.2 Å². The third-order valence-electron chi connectivity index (χ3n) is 5.57. The second kappa shape index (κ2) is 5.43. The fraction of sp³-hybridized carbons (Fsp3) is 0.938. The summed E-state index contributed by atoms with van der Waals surface area (Å²) in [5, 5.41) is 13.4. The van der Waals surface area contributed by atoms with E-state index in [4.69, 9.17) is 0 Å². The fourth-order valence-electron chi connectivity index (χ4n) is 4.31. The van der Waals surface area contributed by atoms with Crippen molar-refractivity contribution in [3.8, 4) is 0 Å². The zero-order chi connectivity index (χ0) is 13.3. The summed E-state index contributed by atoms with van der Waals surface area (Å²) in [6.45, 7) is 0. The molecule has 0 saturated heterocycles. The highest BCUT2D eigenvalue weighted by atomic mass is 16.4. The number of carboxylic acids is 1. The summed E-state index contributed by atoms with van der Waals surface area (Å²) < 4.78 is 0. The Kier molecular flexibility index (Phi) is 3.84. The molecule has 0 bridgehead atoms. The zero-order valence-corrected chi connectivity index (χ0v) is 11.9. The van der Waals surface area contributed by atoms with Gasteiger partial charge in [-0.15, -0.1) is 0 Å². The minimum absolute atomic E-state index is 0.447. The van der Waals surface area contributed by atoms with E-state index in [1.54, 1.807) is 0 Å². The number of hydrogen-bond acceptors (Lipinski definition) is 2. The Hall–Kier alpha value is -0.570. The first-order valence-corrected chi connectivity index (χ1v) is 8.21. The fourth-order valence-corrected chi connectivity index (χ4v) is 4.31. The maximum atomic E-state index is 11.9. The van der Waals surface area contributed by atoms with Gasteiger partial charge in [-0.3, -0.25) is 10.1 Å². The molecule has 0 aromatic heterocycles. The quantitative estimate of drug-likeness (QED) is 0.819. The maximum Gasteiger partial charge on any atom is 0.323 e. The lowest BCUT2D eigenvalue weighted by molar-refractivity contribution is -0.148. The molecule has 3 aliphatic carbocycles. The van der Waals surface area contributed by atoms with Crippen LogP contribution in [0.1, 0.15) is 70.6 Å². The summed E-state index contributed by atoms with van der Waals surface area (Å²) in [6.07, 6.45) is 12.9. The number of rotatable bonds is 4. The highest BCUT2D eigenvalue weighted by molar-refractivity contribution is 5.79. The van der Waals surface area contributed by atoms with Gasteiger partial charge in [-0.25, -0.2) is 0 Å². The maximum absolute atomic E-state index is 11.9. The van der Waals surface area contributed by atoms with Crippen molar-refractivity contribution in [1.82, 2.24) is 5.32 Å². The van der Waals surface area contributed by atoms with Crippen molar-refractivity contribution in [3.63, 3.8) is 0 Å². The lowest BCUT2D eigenvalue weighted by Gasteiger charge is -2.42. The summed E-state index contributed by atoms with van der Waals surface area (Å²) in [4.78, 5) is 11.9. The van der Waals surface area contributed by atoms with Gasteiger partial charge in [0.05, 0.1) is 0 Å². The Morgan fingerprint density at radius 1 is 0.947 bits per heavy atom. The van der Waals surface area contributed by atoms with Crippen LogP contribution in [0, 0.1) is 11.8 Å². The summed E-state index contributed by atoms with van der Waals surface area (Å²) in [5.74, 6) is 0.913. The molecule has 0 radical (unpaired) electrons. The summed E-state index contributed by atoms with van der Waals surface area (Å²) >= 11 is 0. The SMILES string of the molecule is O=C(O)C1(NC2CCCCC2)CCCC(C2CC2)C1. The van der Waals surface area contributed by atoms with Gasteiger partial charge in [-0.2, -0.15) is 0 Å². The Labute approximate surface area is 116 Å². The first-order chi connectivity index (χ1) is 9.20. The van der Waals surface area contributed by atoms with E-state index in [-0.39, 0.29) is 0 Å². The molecule has 19 heavy (non-hydrogen) atoms. The van der Waals surface area contributed by atoms with Crippen LogP contribution < -0.4 is 5.32 Å². The van der Waals surface area contributed by atoms with Crippen molar-refractivity contribution in [2.24, 2.45) is 11.8 Å². The van der Waals surface area contributed by atoms with Crippen LogP contribution in [-0.2, 0) is 4.79 Å². The van der Waals surface area contributed by atoms with Crippen LogP contribution in [-0.4, -0.2) is 22.7 Å². The summed E-state index contributed by atoms with van der Waals surface area (Å²) in [5.41, 5.74) is -0.604. The van der Waals surface area contributed by atoms with E-state index in [2.05, 4.69) is 5.32 Å². The molecule has 3 fully saturated rings. The van der Waals surface area contributed by atoms with Gasteiger partial charge in [0.2, 0.25) is 0 Å². The van der Waals surface area contributed by atoms with Gasteiger partial charge in [0.1, 0.15) is 5.54 Å². The van der Waals surface area contributed by atoms with Gasteiger partial charge in [-0.05, 0) is 50.4 Å². The standard InChI is InChI=1S/C16H27NO2/c18-15(19)16(17-14-6-2-1-3-7-14)10-4-5-13(11-16)12-8-9-12/h12-14,17H,1-11H2,(H,18,19). The minimum atomic E-state index is -0.604. The van der Waals surface area contributed by atoms with Crippen molar-refractivity contribution < 1.29 is 9.90 Å². The van der Waals surface area contributed by atoms with Crippen LogP contribution in [0.5, 0.6) is 0 Å². The van der Waals surface area contributed by atoms with Gasteiger partial charge in [0.15, 0.2) is 0 Å². The van der Waals surface area contributed by atoms with Crippen LogP contribution in [0.2, 0.25) is 0 Å². The van der Waals surface area contributed by atoms with E-state index < -0.39 is 11.5 Å². The Balaban J connectivity index is 1.68. The largest absolute Gasteiger partial charge is 0.480 e. The van der Waals surface area contributed by atoms with Gasteiger partial charge < -0.3 is 5.11 Å². The Morgan fingerprint density at radius 2 is 1.68 bits per heavy atom. The monoisotopic (exact) mass is 265 g/mol. The molecule has 0 aromatic rings. The minimum Gasteiger partial charge on any atom is -0.480 e. The topological polar surface area (TPSA) is 49.3 Å². The lowest BCUT2D eigenvalue weighted by Crippen LogP contribution is -2.58. The molecule has 0 heterocycles. The molecule has 3 saturated carbocycles. The van der Waals surface area contributed by atoms with E-state index in [0.717, 1.165) is 25.2 Å². The van der Waals surface area contributed by atoms with Crippen molar-refractivity contribution in [2.75, 3.05) is 0 Å². The second-order valence-corrected chi connectivity index (χ2v) is 7.06. The average molecular weight is 265 g/mol. The van der Waals surface area contributed by atoms with Gasteiger partial charge in [-0.1, -0.05) is 32.1 Å². The molecular formula is C16H27NO2. The van der Waals surface area contributed by atoms with Gasteiger partial charge in [0, 0.05) is 6.04 Å². The molecule has 0 aliphatic heterocycles. The molecular weight excluding hydrogens is 238 g/mol. The lowest BCUT2D eigenvalue weighted by atomic mass is 9.73. The molecule has 0 spiro atoms. The van der Waals surface area contributed by atoms with E-state index in [9.17, 15) is 9.90 Å². The van der Waals surface area contributed by atoms with Crippen molar-refractivity contribution in [1.29, 1.82) is 0 Å². The average Bonchev–Trinajstić information content (AvgIpc) is 3.24. The first-order valence-electron chi connectivity index (χ1n) is 8.21. The number of aliphatic carboxylic acids is 1. The third-order valence-corrected chi connectivity index (χ3v) is 5.57. The number of carbonyl (C=O) groups is 1. The van der Waals surface area contributed by atoms with Crippen molar-refractivity contribution in [3.05, 3.63) is 0 Å². The van der Waals surface area contributed by atoms with Gasteiger partial charge in [0.25, 0.3) is 0 Å². The van der Waals surface area contributed by atoms with Crippen LogP contribution in [0.25, 0.3) is 0 Å². The molecule has 0 aromatic carbocycles. The smallest absolute Gasteiger partial charge is 0.323 e. The first kappa shape index (κ1) is 13.4. The molecule has 0 amide bonds. The van der Waals surface area contributed by atoms with Gasteiger partial charge >= 0.3 is 5.97 Å². The molecule has 3 heteroatoms. The normalized spacial score (nSPS) is 37.2. The number of hydrogen-bond donors (Lipinski definition) is 2. The third kappa shape index (κ3) is 2.96. The highest BCUT2D eigenvalue weighted by Gasteiger charge is 2.47. The van der Waals surface area contributed by atoms with E-state index in [0.29, 0.717) is 12.0 Å². The molecule has 2 unspecified atom stereocenters. The Morgan fingerprint density at radius 3 is 2.32 bits per heavy atom. The van der Waals surface area contributed by atoms with Crippen LogP contribution in [0.3, 0.4) is 0 Å². The Bertz CT molecular complexity index is 334. The zero-order valence-electron chi connectivity index (χ0n) is 11.9. The van der Waals surface area contributed by atoms with E-state index in [1.807, 2.05) is 0 Å². The molecule has 2 N–H and O–H groups in total. The van der Waals surface area contributed by atoms with Crippen LogP contribution >= 0.6 is 0 Å². The number of nitrogens with one attached hydrogen (secondary N) is 1. The molecule has 108 valence electrons. The summed E-state index contributed by atoms with van der Waals surface area (Å²) in [6, 6.07) is 0.447. The van der Waals surface area contributed by atoms with Crippen LogP contribution in [0.4, 0.5) is 0 Å². The predicted molar refractivity (Wildman–Crippen MR) is 75.1 cm³/mol. The molecule has 3 rings (SSSR count). The molecule has 3 aliphatic rings. The summed E-state index contributed by atoms with van der Waals surface area (Å²) in [7, 11) is 0. The molecule has 2 atom stereocenters.